The van der Waals surface area contributed by atoms with Crippen LogP contribution in [0, 0.1) is 18.4 Å². The molecule has 1 unspecified atom stereocenters. The zero-order valence-corrected chi connectivity index (χ0v) is 20.9. The molecule has 2 fully saturated rings. The van der Waals surface area contributed by atoms with Gasteiger partial charge in [-0.1, -0.05) is 42.0 Å². The number of aryl methyl sites for hydroxylation is 1. The fourth-order valence-corrected chi connectivity index (χ4v) is 4.44. The monoisotopic (exact) mass is 512 g/mol. The number of carbonyl (C=O) groups is 4. The standard InChI is InChI=1S/C26H19N2O4.Y/c1-16-8-10-18(11-9-16)21(17-6-4-3-5-7-17)19-12-14-20(15-13-19)28-24(31)26(25(28)32)22(29)27(2)23(26)30;/h4-15,21H,1-2H3;/q-1;. The molecular weight excluding hydrogens is 493 g/mol. The zero-order valence-electron chi connectivity index (χ0n) is 18.1. The average Bonchev–Trinajstić information content (AvgIpc) is 2.82. The summed E-state index contributed by atoms with van der Waals surface area (Å²) in [5.41, 5.74) is 2.53. The average molecular weight is 512 g/mol. The van der Waals surface area contributed by atoms with Crippen molar-refractivity contribution in [3.63, 3.8) is 0 Å². The van der Waals surface area contributed by atoms with Crippen LogP contribution >= 0.6 is 0 Å². The number of nitrogens with zero attached hydrogens (tertiary/aromatic N) is 2. The van der Waals surface area contributed by atoms with Gasteiger partial charge in [-0.15, -0.1) is 5.56 Å². The molecule has 33 heavy (non-hydrogen) atoms. The second kappa shape index (κ2) is 8.43. The minimum atomic E-state index is -2.15. The van der Waals surface area contributed by atoms with Gasteiger partial charge in [-0.25, -0.2) is 4.90 Å². The first-order valence-corrected chi connectivity index (χ1v) is 10.2. The van der Waals surface area contributed by atoms with Gasteiger partial charge in [0.25, 0.3) is 29.0 Å². The number of β-lactam (4-membered cyclic amide) rings is 4. The van der Waals surface area contributed by atoms with Gasteiger partial charge in [-0.3, -0.25) is 24.1 Å². The van der Waals surface area contributed by atoms with Crippen LogP contribution in [0.25, 0.3) is 0 Å². The molecule has 5 rings (SSSR count). The number of amides is 4. The SMILES string of the molecule is Cc1ccc(C(c2cc[c-]cc2)c2ccc(N3C(=O)C4(C(=O)N(C)C4=O)C3=O)cc2)cc1.[Y]. The smallest absolute Gasteiger partial charge is 0.282 e. The van der Waals surface area contributed by atoms with E-state index in [1.54, 1.807) is 12.1 Å². The van der Waals surface area contributed by atoms with Gasteiger partial charge in [0.2, 0.25) is 0 Å². The Bertz CT molecular complexity index is 1240. The molecule has 3 aromatic carbocycles. The molecule has 0 aromatic heterocycles. The molecule has 0 bridgehead atoms. The molecule has 1 spiro atoms. The van der Waals surface area contributed by atoms with Crippen molar-refractivity contribution in [3.8, 4) is 0 Å². The number of likely N-dealkylation sites (tertiary alicyclic amines) is 1. The molecule has 7 heteroatoms. The van der Waals surface area contributed by atoms with Gasteiger partial charge in [-0.05, 0) is 30.2 Å². The first kappa shape index (κ1) is 23.2. The van der Waals surface area contributed by atoms with Crippen LogP contribution in [0.5, 0.6) is 0 Å². The molecular formula is C26H19N2O4Y-. The summed E-state index contributed by atoms with van der Waals surface area (Å²) in [6, 6.07) is 26.1. The summed E-state index contributed by atoms with van der Waals surface area (Å²) in [7, 11) is 1.26. The van der Waals surface area contributed by atoms with E-state index in [1.807, 2.05) is 43.3 Å². The van der Waals surface area contributed by atoms with E-state index in [1.165, 1.54) is 12.6 Å². The number of anilines is 1. The van der Waals surface area contributed by atoms with Crippen molar-refractivity contribution in [2.24, 2.45) is 5.41 Å². The Hall–Kier alpha value is -2.96. The Morgan fingerprint density at radius 1 is 0.697 bits per heavy atom. The molecule has 1 atom stereocenters. The molecule has 4 amide bonds. The van der Waals surface area contributed by atoms with Crippen molar-refractivity contribution < 1.29 is 51.9 Å². The van der Waals surface area contributed by atoms with Crippen molar-refractivity contribution >= 4 is 29.3 Å². The van der Waals surface area contributed by atoms with Gasteiger partial charge in [0.1, 0.15) is 0 Å². The van der Waals surface area contributed by atoms with Crippen molar-refractivity contribution in [2.75, 3.05) is 11.9 Å². The van der Waals surface area contributed by atoms with E-state index in [0.29, 0.717) is 5.69 Å². The van der Waals surface area contributed by atoms with Crippen molar-refractivity contribution in [1.29, 1.82) is 0 Å². The minimum absolute atomic E-state index is 0. The minimum Gasteiger partial charge on any atom is -0.282 e. The van der Waals surface area contributed by atoms with E-state index in [4.69, 9.17) is 0 Å². The zero-order chi connectivity index (χ0) is 22.6. The first-order chi connectivity index (χ1) is 15.4. The molecule has 2 heterocycles. The van der Waals surface area contributed by atoms with Crippen molar-refractivity contribution in [1.82, 2.24) is 4.90 Å². The third kappa shape index (κ3) is 3.23. The fraction of sp³-hybridized carbons (Fsp3) is 0.154. The van der Waals surface area contributed by atoms with Gasteiger partial charge >= 0.3 is 0 Å². The largest absolute Gasteiger partial charge is 0.285 e. The second-order valence-electron chi connectivity index (χ2n) is 8.13. The number of benzene rings is 3. The van der Waals surface area contributed by atoms with Crippen LogP contribution in [-0.2, 0) is 51.9 Å². The number of carbonyl (C=O) groups excluding carboxylic acids is 4. The third-order valence-corrected chi connectivity index (χ3v) is 6.27. The molecule has 0 aliphatic carbocycles. The van der Waals surface area contributed by atoms with Gasteiger partial charge < -0.3 is 0 Å². The van der Waals surface area contributed by atoms with E-state index < -0.39 is 29.0 Å². The molecule has 0 saturated carbocycles. The molecule has 2 aliphatic rings. The Morgan fingerprint density at radius 2 is 1.15 bits per heavy atom. The summed E-state index contributed by atoms with van der Waals surface area (Å²) in [5.74, 6) is -3.12. The van der Waals surface area contributed by atoms with Crippen LogP contribution in [0.3, 0.4) is 0 Å². The van der Waals surface area contributed by atoms with E-state index in [2.05, 4.69) is 30.3 Å². The number of hydrogen-bond acceptors (Lipinski definition) is 4. The van der Waals surface area contributed by atoms with E-state index in [-0.39, 0.29) is 38.6 Å². The molecule has 2 aliphatic heterocycles. The van der Waals surface area contributed by atoms with Crippen LogP contribution in [0.1, 0.15) is 28.2 Å². The molecule has 1 radical (unpaired) electrons. The van der Waals surface area contributed by atoms with Crippen molar-refractivity contribution in [2.45, 2.75) is 12.8 Å². The summed E-state index contributed by atoms with van der Waals surface area (Å²) in [6.45, 7) is 2.04. The third-order valence-electron chi connectivity index (χ3n) is 6.27. The van der Waals surface area contributed by atoms with Crippen LogP contribution in [-0.4, -0.2) is 35.6 Å². The predicted octanol–water partition coefficient (Wildman–Crippen LogP) is 2.83. The fourth-order valence-electron chi connectivity index (χ4n) is 4.44. The Morgan fingerprint density at radius 3 is 1.67 bits per heavy atom. The molecule has 3 aromatic rings. The number of hydrogen-bond donors (Lipinski definition) is 0. The second-order valence-corrected chi connectivity index (χ2v) is 8.13. The van der Waals surface area contributed by atoms with Gasteiger partial charge in [0.05, 0.1) is 5.69 Å². The summed E-state index contributed by atoms with van der Waals surface area (Å²) in [4.78, 5) is 51.2. The Kier molecular flexibility index (Phi) is 5.93. The maximum absolute atomic E-state index is 12.7. The predicted molar refractivity (Wildman–Crippen MR) is 117 cm³/mol. The topological polar surface area (TPSA) is 74.8 Å². The first-order valence-electron chi connectivity index (χ1n) is 10.2. The molecule has 0 N–H and O–H groups in total. The molecule has 2 saturated heterocycles. The maximum Gasteiger partial charge on any atom is 0.285 e. The maximum atomic E-state index is 12.7. The van der Waals surface area contributed by atoms with Crippen LogP contribution in [0.15, 0.2) is 72.8 Å². The molecule has 6 nitrogen and oxygen atoms in total. The Balaban J connectivity index is 0.00000259. The number of imide groups is 2. The summed E-state index contributed by atoms with van der Waals surface area (Å²) < 4.78 is 0. The number of rotatable bonds is 4. The van der Waals surface area contributed by atoms with Gasteiger partial charge in [-0.2, -0.15) is 30.3 Å². The van der Waals surface area contributed by atoms with Crippen LogP contribution in [0.2, 0.25) is 0 Å². The van der Waals surface area contributed by atoms with E-state index in [0.717, 1.165) is 26.5 Å². The van der Waals surface area contributed by atoms with Crippen LogP contribution in [0.4, 0.5) is 5.69 Å². The van der Waals surface area contributed by atoms with Gasteiger partial charge in [0.15, 0.2) is 0 Å². The van der Waals surface area contributed by atoms with Crippen LogP contribution < -0.4 is 4.90 Å². The summed E-state index contributed by atoms with van der Waals surface area (Å²) in [5, 5.41) is 0. The summed E-state index contributed by atoms with van der Waals surface area (Å²) in [6.07, 6.45) is 0. The molecule has 161 valence electrons. The normalized spacial score (nSPS) is 17.4. The Labute approximate surface area is 216 Å². The van der Waals surface area contributed by atoms with Gasteiger partial charge in [0, 0.05) is 45.7 Å². The van der Waals surface area contributed by atoms with E-state index >= 15 is 0 Å². The summed E-state index contributed by atoms with van der Waals surface area (Å²) >= 11 is 0. The quantitative estimate of drug-likeness (QED) is 0.233. The van der Waals surface area contributed by atoms with E-state index in [9.17, 15) is 19.2 Å². The van der Waals surface area contributed by atoms with Crippen molar-refractivity contribution in [3.05, 3.63) is 101 Å².